The summed E-state index contributed by atoms with van der Waals surface area (Å²) in [6.45, 7) is 0. The summed E-state index contributed by atoms with van der Waals surface area (Å²) < 4.78 is 9.63. The van der Waals surface area contributed by atoms with Crippen LogP contribution in [0.15, 0.2) is 35.9 Å². The molecule has 0 unspecified atom stereocenters. The molecule has 0 heterocycles. The summed E-state index contributed by atoms with van der Waals surface area (Å²) in [4.78, 5) is 36.2. The Morgan fingerprint density at radius 2 is 1.82 bits per heavy atom. The van der Waals surface area contributed by atoms with E-state index in [4.69, 9.17) is 21.1 Å². The van der Waals surface area contributed by atoms with Crippen LogP contribution in [0.1, 0.15) is 17.9 Å². The van der Waals surface area contributed by atoms with E-state index in [2.05, 4.69) is 0 Å². The van der Waals surface area contributed by atoms with Crippen molar-refractivity contribution in [3.8, 4) is 0 Å². The highest BCUT2D eigenvalue weighted by molar-refractivity contribution is 6.31. The second kappa shape index (κ2) is 6.32. The van der Waals surface area contributed by atoms with Gasteiger partial charge in [-0.15, -0.1) is 0 Å². The average Bonchev–Trinajstić information content (AvgIpc) is 2.94. The lowest BCUT2D eigenvalue weighted by Gasteiger charge is -2.31. The van der Waals surface area contributed by atoms with Crippen LogP contribution >= 0.6 is 11.6 Å². The van der Waals surface area contributed by atoms with E-state index in [0.717, 1.165) is 0 Å². The number of rotatable bonds is 4. The topological polar surface area (TPSA) is 69.7 Å². The third-order valence-electron chi connectivity index (χ3n) is 3.94. The van der Waals surface area contributed by atoms with Crippen LogP contribution in [0.5, 0.6) is 0 Å². The highest BCUT2D eigenvalue weighted by Crippen LogP contribution is 2.51. The van der Waals surface area contributed by atoms with Gasteiger partial charge in [0.2, 0.25) is 0 Å². The molecule has 0 aliphatic heterocycles. The van der Waals surface area contributed by atoms with Gasteiger partial charge in [0, 0.05) is 10.9 Å². The smallest absolute Gasteiger partial charge is 0.324 e. The molecule has 0 bridgehead atoms. The quantitative estimate of drug-likeness (QED) is 0.483. The van der Waals surface area contributed by atoms with Crippen molar-refractivity contribution in [2.45, 2.75) is 12.3 Å². The van der Waals surface area contributed by atoms with Gasteiger partial charge in [0.1, 0.15) is 6.29 Å². The van der Waals surface area contributed by atoms with E-state index in [9.17, 15) is 14.4 Å². The van der Waals surface area contributed by atoms with Crippen LogP contribution in [0.4, 0.5) is 0 Å². The van der Waals surface area contributed by atoms with Crippen LogP contribution in [-0.4, -0.2) is 32.4 Å². The molecule has 0 saturated carbocycles. The molecule has 0 amide bonds. The molecular weight excluding hydrogens is 308 g/mol. The first kappa shape index (κ1) is 16.2. The van der Waals surface area contributed by atoms with Crippen molar-refractivity contribution in [3.63, 3.8) is 0 Å². The molecule has 2 rings (SSSR count). The number of hydrogen-bond donors (Lipinski definition) is 0. The number of allylic oxidation sites excluding steroid dienone is 2. The van der Waals surface area contributed by atoms with Gasteiger partial charge in [-0.1, -0.05) is 35.9 Å². The van der Waals surface area contributed by atoms with Crippen molar-refractivity contribution in [2.24, 2.45) is 5.41 Å². The molecule has 0 spiro atoms. The van der Waals surface area contributed by atoms with Gasteiger partial charge in [0.15, 0.2) is 5.41 Å². The lowest BCUT2D eigenvalue weighted by molar-refractivity contribution is -0.169. The van der Waals surface area contributed by atoms with Crippen LogP contribution in [0.25, 0.3) is 0 Å². The predicted octanol–water partition coefficient (Wildman–Crippen LogP) is 2.29. The summed E-state index contributed by atoms with van der Waals surface area (Å²) >= 11 is 6.20. The number of aldehydes is 1. The van der Waals surface area contributed by atoms with Crippen molar-refractivity contribution in [2.75, 3.05) is 14.2 Å². The fourth-order valence-corrected chi connectivity index (χ4v) is 3.16. The summed E-state index contributed by atoms with van der Waals surface area (Å²) in [6.07, 6.45) is 2.20. The maximum Gasteiger partial charge on any atom is 0.324 e. The number of benzene rings is 1. The Morgan fingerprint density at radius 3 is 2.32 bits per heavy atom. The average molecular weight is 323 g/mol. The number of carbonyl (C=O) groups excluding carboxylic acids is 3. The number of carbonyl (C=O) groups is 3. The van der Waals surface area contributed by atoms with Gasteiger partial charge in [-0.3, -0.25) is 14.4 Å². The number of halogens is 1. The Bertz CT molecular complexity index is 634. The van der Waals surface area contributed by atoms with Gasteiger partial charge in [-0.25, -0.2) is 0 Å². The van der Waals surface area contributed by atoms with Crippen molar-refractivity contribution >= 4 is 29.8 Å². The molecule has 0 saturated heterocycles. The number of ether oxygens (including phenoxy) is 2. The molecule has 0 fully saturated rings. The number of methoxy groups -OCH3 is 2. The molecule has 1 aliphatic rings. The number of esters is 2. The van der Waals surface area contributed by atoms with Gasteiger partial charge >= 0.3 is 11.9 Å². The lowest BCUT2D eigenvalue weighted by Crippen LogP contribution is -2.44. The summed E-state index contributed by atoms with van der Waals surface area (Å²) in [5, 5.41) is 0.360. The first-order valence-electron chi connectivity index (χ1n) is 6.59. The van der Waals surface area contributed by atoms with Crippen LogP contribution in [0.3, 0.4) is 0 Å². The molecule has 0 N–H and O–H groups in total. The summed E-state index contributed by atoms with van der Waals surface area (Å²) in [7, 11) is 2.38. The Labute approximate surface area is 132 Å². The minimum absolute atomic E-state index is 0.0241. The fourth-order valence-electron chi connectivity index (χ4n) is 2.92. The molecule has 1 atom stereocenters. The first-order valence-corrected chi connectivity index (χ1v) is 6.97. The molecule has 0 radical (unpaired) electrons. The molecule has 0 aromatic heterocycles. The van der Waals surface area contributed by atoms with Gasteiger partial charge in [-0.2, -0.15) is 0 Å². The zero-order chi connectivity index (χ0) is 16.3. The van der Waals surface area contributed by atoms with E-state index < -0.39 is 23.3 Å². The van der Waals surface area contributed by atoms with Gasteiger partial charge in [-0.05, 0) is 23.6 Å². The van der Waals surface area contributed by atoms with Gasteiger partial charge < -0.3 is 9.47 Å². The molecular formula is C16H15ClO5. The van der Waals surface area contributed by atoms with Gasteiger partial charge in [0.25, 0.3) is 0 Å². The second-order valence-electron chi connectivity index (χ2n) is 4.94. The van der Waals surface area contributed by atoms with Crippen LogP contribution < -0.4 is 0 Å². The zero-order valence-electron chi connectivity index (χ0n) is 12.2. The van der Waals surface area contributed by atoms with Crippen molar-refractivity contribution in [3.05, 3.63) is 46.5 Å². The molecule has 5 nitrogen and oxygen atoms in total. The fraction of sp³-hybridized carbons (Fsp3) is 0.312. The second-order valence-corrected chi connectivity index (χ2v) is 5.34. The Morgan fingerprint density at radius 1 is 1.23 bits per heavy atom. The lowest BCUT2D eigenvalue weighted by atomic mass is 9.71. The van der Waals surface area contributed by atoms with Crippen molar-refractivity contribution in [1.29, 1.82) is 0 Å². The summed E-state index contributed by atoms with van der Waals surface area (Å²) in [6, 6.07) is 6.76. The van der Waals surface area contributed by atoms with E-state index in [1.165, 1.54) is 14.2 Å². The SMILES string of the molecule is COC(=O)C1(C(=O)OC)CC=C(C=O)[C@H]1c1ccccc1Cl. The predicted molar refractivity (Wildman–Crippen MR) is 79.4 cm³/mol. The summed E-state index contributed by atoms with van der Waals surface area (Å²) in [5.41, 5.74) is -0.815. The minimum Gasteiger partial charge on any atom is -0.468 e. The largest absolute Gasteiger partial charge is 0.468 e. The Hall–Kier alpha value is -2.14. The minimum atomic E-state index is -1.63. The first-order chi connectivity index (χ1) is 10.5. The Balaban J connectivity index is 2.68. The summed E-state index contributed by atoms with van der Waals surface area (Å²) in [5.74, 6) is -2.34. The van der Waals surface area contributed by atoms with Crippen LogP contribution in [0.2, 0.25) is 5.02 Å². The molecule has 1 aliphatic carbocycles. The molecule has 1 aromatic rings. The standard InChI is InChI=1S/C16H15ClO5/c1-21-14(19)16(15(20)22-2)8-7-10(9-18)13(16)11-5-3-4-6-12(11)17/h3-7,9,13H,8H2,1-2H3/t13-/m0/s1. The van der Waals surface area contributed by atoms with E-state index in [1.54, 1.807) is 30.3 Å². The maximum atomic E-state index is 12.4. The third-order valence-corrected chi connectivity index (χ3v) is 4.28. The van der Waals surface area contributed by atoms with Crippen molar-refractivity contribution < 1.29 is 23.9 Å². The van der Waals surface area contributed by atoms with Crippen LogP contribution in [0, 0.1) is 5.41 Å². The zero-order valence-corrected chi connectivity index (χ0v) is 12.9. The van der Waals surface area contributed by atoms with E-state index in [1.807, 2.05) is 0 Å². The highest BCUT2D eigenvalue weighted by atomic mass is 35.5. The van der Waals surface area contributed by atoms with E-state index >= 15 is 0 Å². The maximum absolute atomic E-state index is 12.4. The van der Waals surface area contributed by atoms with E-state index in [-0.39, 0.29) is 6.42 Å². The Kier molecular flexibility index (Phi) is 4.66. The third kappa shape index (κ3) is 2.31. The molecule has 22 heavy (non-hydrogen) atoms. The normalized spacial score (nSPS) is 19.2. The highest BCUT2D eigenvalue weighted by Gasteiger charge is 2.58. The van der Waals surface area contributed by atoms with Gasteiger partial charge in [0.05, 0.1) is 14.2 Å². The van der Waals surface area contributed by atoms with Crippen LogP contribution in [-0.2, 0) is 23.9 Å². The molecule has 1 aromatic carbocycles. The monoisotopic (exact) mass is 322 g/mol. The molecule has 6 heteroatoms. The number of hydrogen-bond acceptors (Lipinski definition) is 5. The molecule has 116 valence electrons. The van der Waals surface area contributed by atoms with E-state index in [0.29, 0.717) is 22.4 Å². The van der Waals surface area contributed by atoms with Crippen molar-refractivity contribution in [1.82, 2.24) is 0 Å².